The van der Waals surface area contributed by atoms with Crippen molar-refractivity contribution in [2.45, 2.75) is 57.7 Å². The lowest BCUT2D eigenvalue weighted by Gasteiger charge is -2.38. The van der Waals surface area contributed by atoms with Crippen LogP contribution in [0.15, 0.2) is 5.10 Å². The molecule has 0 N–H and O–H groups in total. The molecule has 1 aliphatic rings. The van der Waals surface area contributed by atoms with Gasteiger partial charge >= 0.3 is 0 Å². The molecule has 92 valence electrons. The van der Waals surface area contributed by atoms with E-state index < -0.39 is 8.24 Å². The lowest BCUT2D eigenvalue weighted by molar-refractivity contribution is -0.107. The van der Waals surface area contributed by atoms with Crippen LogP contribution in [0, 0.1) is 0 Å². The Hall–Kier alpha value is -0.643. The van der Waals surface area contributed by atoms with Gasteiger partial charge in [-0.15, -0.1) is 0 Å². The maximum absolute atomic E-state index is 10.1. The zero-order valence-electron chi connectivity index (χ0n) is 10.6. The highest BCUT2D eigenvalue weighted by atomic mass is 28.3. The molecule has 16 heavy (non-hydrogen) atoms. The Kier molecular flexibility index (Phi) is 5.73. The molecular weight excluding hydrogens is 216 g/mol. The molecule has 1 rings (SSSR count). The summed E-state index contributed by atoms with van der Waals surface area (Å²) in [5.41, 5.74) is 0. The zero-order chi connectivity index (χ0) is 11.9. The minimum Gasteiger partial charge on any atom is -0.325 e. The third kappa shape index (κ3) is 4.47. The number of unbranched alkanes of at least 4 members (excludes halogenated alkanes) is 3. The van der Waals surface area contributed by atoms with Crippen molar-refractivity contribution in [2.24, 2.45) is 5.10 Å². The van der Waals surface area contributed by atoms with E-state index in [1.54, 1.807) is 0 Å². The van der Waals surface area contributed by atoms with Gasteiger partial charge in [-0.05, 0) is 31.7 Å². The van der Waals surface area contributed by atoms with Crippen molar-refractivity contribution in [2.75, 3.05) is 6.54 Å². The summed E-state index contributed by atoms with van der Waals surface area (Å²) >= 11 is 0. The van der Waals surface area contributed by atoms with Gasteiger partial charge < -0.3 is 9.47 Å². The van der Waals surface area contributed by atoms with Gasteiger partial charge in [0.15, 0.2) is 8.24 Å². The molecule has 0 bridgehead atoms. The minimum atomic E-state index is -1.22. The standard InChI is InChI=1S/C12H24N2OSi/c1-16(2)12-8-6-10-14(16)13-9-5-3-4-7-11-15/h9,11H,3-8,10,12H2,1-2H3. The maximum Gasteiger partial charge on any atom is 0.172 e. The molecule has 0 aliphatic carbocycles. The monoisotopic (exact) mass is 240 g/mol. The average Bonchev–Trinajstić information content (AvgIpc) is 2.25. The highest BCUT2D eigenvalue weighted by Gasteiger charge is 2.31. The second-order valence-corrected chi connectivity index (χ2v) is 9.78. The molecule has 0 saturated carbocycles. The first-order valence-corrected chi connectivity index (χ1v) is 9.56. The van der Waals surface area contributed by atoms with E-state index in [9.17, 15) is 4.79 Å². The predicted octanol–water partition coefficient (Wildman–Crippen LogP) is 3.03. The fraction of sp³-hybridized carbons (Fsp3) is 0.833. The third-order valence-corrected chi connectivity index (χ3v) is 6.55. The van der Waals surface area contributed by atoms with Crippen molar-refractivity contribution in [1.29, 1.82) is 0 Å². The molecule has 0 aromatic heterocycles. The highest BCUT2D eigenvalue weighted by Crippen LogP contribution is 2.24. The van der Waals surface area contributed by atoms with E-state index in [0.29, 0.717) is 6.42 Å². The summed E-state index contributed by atoms with van der Waals surface area (Å²) in [5.74, 6) is 0. The first kappa shape index (κ1) is 13.4. The van der Waals surface area contributed by atoms with Gasteiger partial charge in [0.2, 0.25) is 0 Å². The number of carbonyl (C=O) groups is 1. The Morgan fingerprint density at radius 2 is 2.00 bits per heavy atom. The minimum absolute atomic E-state index is 0.692. The van der Waals surface area contributed by atoms with Crippen molar-refractivity contribution in [3.8, 4) is 0 Å². The van der Waals surface area contributed by atoms with Crippen LogP contribution in [0.25, 0.3) is 0 Å². The van der Waals surface area contributed by atoms with Gasteiger partial charge in [0, 0.05) is 19.2 Å². The van der Waals surface area contributed by atoms with E-state index >= 15 is 0 Å². The molecule has 1 fully saturated rings. The lowest BCUT2D eigenvalue weighted by atomic mass is 10.2. The largest absolute Gasteiger partial charge is 0.325 e. The molecule has 1 saturated heterocycles. The quantitative estimate of drug-likeness (QED) is 0.309. The third-order valence-electron chi connectivity index (χ3n) is 3.23. The fourth-order valence-corrected chi connectivity index (χ4v) is 4.62. The fourth-order valence-electron chi connectivity index (χ4n) is 2.08. The Bertz CT molecular complexity index is 241. The van der Waals surface area contributed by atoms with Crippen LogP contribution >= 0.6 is 0 Å². The van der Waals surface area contributed by atoms with Crippen molar-refractivity contribution < 1.29 is 4.79 Å². The summed E-state index contributed by atoms with van der Waals surface area (Å²) in [6, 6.07) is 1.37. The molecule has 0 aromatic rings. The van der Waals surface area contributed by atoms with Gasteiger partial charge in [0.05, 0.1) is 0 Å². The second kappa shape index (κ2) is 6.84. The van der Waals surface area contributed by atoms with Crippen LogP contribution in [0.3, 0.4) is 0 Å². The van der Waals surface area contributed by atoms with Crippen LogP contribution in [0.5, 0.6) is 0 Å². The smallest absolute Gasteiger partial charge is 0.172 e. The highest BCUT2D eigenvalue weighted by molar-refractivity contribution is 6.74. The van der Waals surface area contributed by atoms with E-state index in [0.717, 1.165) is 32.1 Å². The Morgan fingerprint density at radius 3 is 2.69 bits per heavy atom. The zero-order valence-corrected chi connectivity index (χ0v) is 11.6. The molecule has 0 amide bonds. The molecule has 1 heterocycles. The van der Waals surface area contributed by atoms with Crippen LogP contribution in [0.2, 0.25) is 19.1 Å². The van der Waals surface area contributed by atoms with Crippen LogP contribution in [0.1, 0.15) is 38.5 Å². The number of rotatable bonds is 6. The summed E-state index contributed by atoms with van der Waals surface area (Å²) in [7, 11) is -1.22. The SMILES string of the molecule is C[Si]1(C)CCCCN1N=CCCCCC=O. The molecular formula is C12H24N2OSi. The number of hydrazone groups is 1. The second-order valence-electron chi connectivity index (χ2n) is 5.14. The van der Waals surface area contributed by atoms with Gasteiger partial charge in [0.25, 0.3) is 0 Å². The normalized spacial score (nSPS) is 20.2. The first-order valence-electron chi connectivity index (χ1n) is 6.40. The lowest BCUT2D eigenvalue weighted by Crippen LogP contribution is -2.48. The molecule has 0 radical (unpaired) electrons. The number of aldehydes is 1. The van der Waals surface area contributed by atoms with Crippen molar-refractivity contribution in [3.05, 3.63) is 0 Å². The van der Waals surface area contributed by atoms with Gasteiger partial charge in [-0.3, -0.25) is 0 Å². The van der Waals surface area contributed by atoms with Crippen LogP contribution in [-0.4, -0.2) is 32.0 Å². The van der Waals surface area contributed by atoms with Gasteiger partial charge in [-0.1, -0.05) is 19.5 Å². The van der Waals surface area contributed by atoms with Gasteiger partial charge in [0.1, 0.15) is 6.29 Å². The van der Waals surface area contributed by atoms with Crippen molar-refractivity contribution in [3.63, 3.8) is 0 Å². The van der Waals surface area contributed by atoms with E-state index in [2.05, 4.69) is 22.9 Å². The molecule has 0 aromatic carbocycles. The summed E-state index contributed by atoms with van der Waals surface area (Å²) in [5, 5.41) is 4.62. The van der Waals surface area contributed by atoms with Crippen LogP contribution in [0.4, 0.5) is 0 Å². The van der Waals surface area contributed by atoms with Crippen LogP contribution in [-0.2, 0) is 4.79 Å². The van der Waals surface area contributed by atoms with Gasteiger partial charge in [-0.25, -0.2) is 0 Å². The molecule has 0 atom stereocenters. The first-order chi connectivity index (χ1) is 7.67. The Morgan fingerprint density at radius 1 is 1.25 bits per heavy atom. The van der Waals surface area contributed by atoms with Crippen LogP contribution < -0.4 is 0 Å². The van der Waals surface area contributed by atoms with Crippen molar-refractivity contribution >= 4 is 20.7 Å². The molecule has 0 unspecified atom stereocenters. The molecule has 3 nitrogen and oxygen atoms in total. The summed E-state index contributed by atoms with van der Waals surface area (Å²) in [6.45, 7) is 5.94. The summed E-state index contributed by atoms with van der Waals surface area (Å²) in [4.78, 5) is 10.1. The molecule has 4 heteroatoms. The van der Waals surface area contributed by atoms with Crippen molar-refractivity contribution in [1.82, 2.24) is 4.67 Å². The van der Waals surface area contributed by atoms with E-state index in [1.807, 2.05) is 6.21 Å². The number of hydrogen-bond donors (Lipinski definition) is 0. The number of carbonyl (C=O) groups excluding carboxylic acids is 1. The topological polar surface area (TPSA) is 32.7 Å². The summed E-state index contributed by atoms with van der Waals surface area (Å²) < 4.78 is 2.36. The maximum atomic E-state index is 10.1. The van der Waals surface area contributed by atoms with Gasteiger partial charge in [-0.2, -0.15) is 5.10 Å². The Labute approximate surface area is 100.0 Å². The predicted molar refractivity (Wildman–Crippen MR) is 71.3 cm³/mol. The molecule has 1 aliphatic heterocycles. The van der Waals surface area contributed by atoms with E-state index in [-0.39, 0.29) is 0 Å². The van der Waals surface area contributed by atoms with E-state index in [4.69, 9.17) is 0 Å². The average molecular weight is 240 g/mol. The molecule has 0 spiro atoms. The number of nitrogens with zero attached hydrogens (tertiary/aromatic N) is 2. The number of hydrogen-bond acceptors (Lipinski definition) is 3. The van der Waals surface area contributed by atoms with E-state index in [1.165, 1.54) is 18.9 Å². The Balaban J connectivity index is 2.23. The summed E-state index contributed by atoms with van der Waals surface area (Å²) in [6.07, 6.45) is 9.49.